The van der Waals surface area contributed by atoms with Crippen LogP contribution in [-0.2, 0) is 16.0 Å². The predicted molar refractivity (Wildman–Crippen MR) is 110 cm³/mol. The van der Waals surface area contributed by atoms with Crippen LogP contribution < -0.4 is 5.32 Å². The topological polar surface area (TPSA) is 72.5 Å². The van der Waals surface area contributed by atoms with Gasteiger partial charge in [0.15, 0.2) is 12.4 Å². The van der Waals surface area contributed by atoms with Gasteiger partial charge in [-0.3, -0.25) is 9.59 Å². The van der Waals surface area contributed by atoms with E-state index < -0.39 is 36.1 Å². The van der Waals surface area contributed by atoms with Gasteiger partial charge in [0.05, 0.1) is 0 Å². The molecule has 0 spiro atoms. The third kappa shape index (κ3) is 5.85. The standard InChI is InChI=1S/C24H20FNO4/c25-20-13-7-12-19(15-20)22(27)16-30-24(29)21(14-17-8-3-1-4-9-17)26-23(28)18-10-5-2-6-11-18/h1-13,15,21H,14,16H2,(H,26,28)/t21-/m0/s1. The van der Waals surface area contributed by atoms with Crippen LogP contribution in [0.5, 0.6) is 0 Å². The van der Waals surface area contributed by atoms with Gasteiger partial charge in [0.2, 0.25) is 0 Å². The second-order valence-electron chi connectivity index (χ2n) is 6.62. The van der Waals surface area contributed by atoms with Gasteiger partial charge in [0.1, 0.15) is 11.9 Å². The number of hydrogen-bond donors (Lipinski definition) is 1. The number of ketones is 1. The lowest BCUT2D eigenvalue weighted by molar-refractivity contribution is -0.144. The van der Waals surface area contributed by atoms with E-state index >= 15 is 0 Å². The number of benzene rings is 3. The number of rotatable bonds is 8. The van der Waals surface area contributed by atoms with Crippen LogP contribution in [0.2, 0.25) is 0 Å². The second-order valence-corrected chi connectivity index (χ2v) is 6.62. The van der Waals surface area contributed by atoms with Crippen LogP contribution >= 0.6 is 0 Å². The molecule has 0 aliphatic rings. The Morgan fingerprint density at radius 2 is 1.47 bits per heavy atom. The van der Waals surface area contributed by atoms with E-state index in [0.717, 1.165) is 11.6 Å². The molecule has 30 heavy (non-hydrogen) atoms. The Labute approximate surface area is 173 Å². The SMILES string of the molecule is O=C(COC(=O)[C@H](Cc1ccccc1)NC(=O)c1ccccc1)c1cccc(F)c1. The van der Waals surface area contributed by atoms with Crippen molar-refractivity contribution in [2.24, 2.45) is 0 Å². The lowest BCUT2D eigenvalue weighted by Gasteiger charge is -2.18. The molecule has 1 amide bonds. The maximum Gasteiger partial charge on any atom is 0.329 e. The van der Waals surface area contributed by atoms with Crippen molar-refractivity contribution in [2.75, 3.05) is 6.61 Å². The van der Waals surface area contributed by atoms with Gasteiger partial charge in [-0.05, 0) is 29.8 Å². The van der Waals surface area contributed by atoms with Gasteiger partial charge in [-0.1, -0.05) is 60.7 Å². The summed E-state index contributed by atoms with van der Waals surface area (Å²) in [6.07, 6.45) is 0.201. The zero-order chi connectivity index (χ0) is 21.3. The quantitative estimate of drug-likeness (QED) is 0.459. The molecule has 0 aliphatic carbocycles. The number of esters is 1. The van der Waals surface area contributed by atoms with E-state index in [9.17, 15) is 18.8 Å². The highest BCUT2D eigenvalue weighted by atomic mass is 19.1. The molecule has 0 radical (unpaired) electrons. The van der Waals surface area contributed by atoms with Gasteiger partial charge >= 0.3 is 5.97 Å². The van der Waals surface area contributed by atoms with Crippen LogP contribution in [0.15, 0.2) is 84.9 Å². The molecule has 3 rings (SSSR count). The number of hydrogen-bond acceptors (Lipinski definition) is 4. The Bertz CT molecular complexity index is 1020. The number of halogens is 1. The summed E-state index contributed by atoms with van der Waals surface area (Å²) in [7, 11) is 0. The van der Waals surface area contributed by atoms with Crippen LogP contribution in [0.1, 0.15) is 26.3 Å². The Morgan fingerprint density at radius 3 is 2.13 bits per heavy atom. The van der Waals surface area contributed by atoms with Gasteiger partial charge in [-0.25, -0.2) is 9.18 Å². The molecule has 0 saturated heterocycles. The van der Waals surface area contributed by atoms with Crippen molar-refractivity contribution in [3.05, 3.63) is 107 Å². The van der Waals surface area contributed by atoms with E-state index in [4.69, 9.17) is 4.74 Å². The fraction of sp³-hybridized carbons (Fsp3) is 0.125. The summed E-state index contributed by atoms with van der Waals surface area (Å²) in [4.78, 5) is 37.4. The second kappa shape index (κ2) is 10.1. The summed E-state index contributed by atoms with van der Waals surface area (Å²) < 4.78 is 18.4. The van der Waals surface area contributed by atoms with Gasteiger partial charge in [0.25, 0.3) is 5.91 Å². The third-order valence-electron chi connectivity index (χ3n) is 4.40. The molecule has 152 valence electrons. The lowest BCUT2D eigenvalue weighted by Crippen LogP contribution is -2.43. The summed E-state index contributed by atoms with van der Waals surface area (Å²) in [6, 6.07) is 21.8. The van der Waals surface area contributed by atoms with Crippen molar-refractivity contribution >= 4 is 17.7 Å². The molecule has 5 nitrogen and oxygen atoms in total. The van der Waals surface area contributed by atoms with Gasteiger partial charge in [-0.15, -0.1) is 0 Å². The van der Waals surface area contributed by atoms with Gasteiger partial charge in [0, 0.05) is 17.5 Å². The number of carbonyl (C=O) groups is 3. The van der Waals surface area contributed by atoms with Crippen LogP contribution in [0.4, 0.5) is 4.39 Å². The van der Waals surface area contributed by atoms with Crippen LogP contribution in [0, 0.1) is 5.82 Å². The molecule has 0 bridgehead atoms. The molecule has 3 aromatic carbocycles. The first kappa shape index (κ1) is 20.9. The molecule has 0 fully saturated rings. The average Bonchev–Trinajstić information content (AvgIpc) is 2.78. The van der Waals surface area contributed by atoms with Crippen LogP contribution in [-0.4, -0.2) is 30.3 Å². The van der Waals surface area contributed by atoms with Crippen LogP contribution in [0.25, 0.3) is 0 Å². The third-order valence-corrected chi connectivity index (χ3v) is 4.40. The molecule has 6 heteroatoms. The first-order chi connectivity index (χ1) is 14.5. The minimum absolute atomic E-state index is 0.107. The van der Waals surface area contributed by atoms with Crippen LogP contribution in [0.3, 0.4) is 0 Å². The number of nitrogens with one attached hydrogen (secondary N) is 1. The Morgan fingerprint density at radius 1 is 0.833 bits per heavy atom. The van der Waals surface area contributed by atoms with Crippen molar-refractivity contribution in [2.45, 2.75) is 12.5 Å². The van der Waals surface area contributed by atoms with E-state index in [0.29, 0.717) is 5.56 Å². The number of amides is 1. The van der Waals surface area contributed by atoms with E-state index in [2.05, 4.69) is 5.32 Å². The maximum atomic E-state index is 13.3. The molecule has 0 saturated carbocycles. The Balaban J connectivity index is 1.69. The zero-order valence-electron chi connectivity index (χ0n) is 16.1. The van der Waals surface area contributed by atoms with Crippen molar-refractivity contribution in [3.8, 4) is 0 Å². The molecule has 0 heterocycles. The van der Waals surface area contributed by atoms with Crippen molar-refractivity contribution in [1.82, 2.24) is 5.32 Å². The van der Waals surface area contributed by atoms with E-state index in [-0.39, 0.29) is 12.0 Å². The Hall–Kier alpha value is -3.80. The largest absolute Gasteiger partial charge is 0.456 e. The molecule has 1 atom stereocenters. The van der Waals surface area contributed by atoms with Gasteiger partial charge in [-0.2, -0.15) is 0 Å². The monoisotopic (exact) mass is 405 g/mol. The fourth-order valence-electron chi connectivity index (χ4n) is 2.86. The van der Waals surface area contributed by atoms with E-state index in [1.54, 1.807) is 30.3 Å². The number of Topliss-reactive ketones (excluding diaryl/α,β-unsaturated/α-hetero) is 1. The van der Waals surface area contributed by atoms with E-state index in [1.807, 2.05) is 30.3 Å². The molecular formula is C24H20FNO4. The molecule has 0 aromatic heterocycles. The average molecular weight is 405 g/mol. The summed E-state index contributed by atoms with van der Waals surface area (Å²) in [5.41, 5.74) is 1.33. The summed E-state index contributed by atoms with van der Waals surface area (Å²) in [6.45, 7) is -0.547. The smallest absolute Gasteiger partial charge is 0.329 e. The summed E-state index contributed by atoms with van der Waals surface area (Å²) in [5, 5.41) is 2.67. The molecule has 0 aliphatic heterocycles. The van der Waals surface area contributed by atoms with Crippen molar-refractivity contribution < 1.29 is 23.5 Å². The first-order valence-electron chi connectivity index (χ1n) is 9.38. The maximum absolute atomic E-state index is 13.3. The minimum Gasteiger partial charge on any atom is -0.456 e. The summed E-state index contributed by atoms with van der Waals surface area (Å²) in [5.74, 6) is -2.25. The van der Waals surface area contributed by atoms with Gasteiger partial charge < -0.3 is 10.1 Å². The minimum atomic E-state index is -0.986. The Kier molecular flexibility index (Phi) is 7.05. The normalized spacial score (nSPS) is 11.4. The number of ether oxygens (including phenoxy) is 1. The zero-order valence-corrected chi connectivity index (χ0v) is 16.1. The summed E-state index contributed by atoms with van der Waals surface area (Å²) >= 11 is 0. The highest BCUT2D eigenvalue weighted by molar-refractivity contribution is 5.99. The lowest BCUT2D eigenvalue weighted by atomic mass is 10.1. The van der Waals surface area contributed by atoms with Crippen molar-refractivity contribution in [1.29, 1.82) is 0 Å². The molecule has 1 N–H and O–H groups in total. The predicted octanol–water partition coefficient (Wildman–Crippen LogP) is 3.59. The van der Waals surface area contributed by atoms with E-state index in [1.165, 1.54) is 18.2 Å². The molecule has 0 unspecified atom stereocenters. The highest BCUT2D eigenvalue weighted by Gasteiger charge is 2.24. The molecule has 3 aromatic rings. The first-order valence-corrected chi connectivity index (χ1v) is 9.38. The number of carbonyl (C=O) groups excluding carboxylic acids is 3. The molecular weight excluding hydrogens is 385 g/mol. The highest BCUT2D eigenvalue weighted by Crippen LogP contribution is 2.09. The fourth-order valence-corrected chi connectivity index (χ4v) is 2.86. The van der Waals surface area contributed by atoms with Crippen molar-refractivity contribution in [3.63, 3.8) is 0 Å².